The number of amides is 3. The average molecular weight is 2060 g/mol. The smallest absolute Gasteiger partial charge is 0.328 e. The minimum absolute atomic E-state index is 0. The number of halogens is 6. The molecule has 20 rings (SSSR count). The summed E-state index contributed by atoms with van der Waals surface area (Å²) in [6, 6.07) is 50.1. The van der Waals surface area contributed by atoms with E-state index in [1.807, 2.05) is 146 Å². The topological polar surface area (TPSA) is 479 Å². The van der Waals surface area contributed by atoms with Gasteiger partial charge in [0.05, 0.1) is 45.3 Å². The summed E-state index contributed by atoms with van der Waals surface area (Å²) in [6.45, 7) is 0.434. The van der Waals surface area contributed by atoms with Crippen LogP contribution in [0.1, 0.15) is 84.5 Å². The van der Waals surface area contributed by atoms with Crippen LogP contribution in [0.25, 0.3) is 43.6 Å². The first-order valence-electron chi connectivity index (χ1n) is 37.2. The standard InChI is InChI=1S/C22H19ClN2O5.C21H17N3O5.C20H18N2O4.C12H14N2O2.C8H6O3.C2H2Cl2O.Ac.3ClH.H3NO.2H2O/c1-28-22(27)16-9-14-13-4-2-3-5-15(13)24-20(14)21(25(16)19(26)10-23)12-6-7-17-18(8-12)30-11-29-17;25-18-9-23(27)21(26)15-8-13-12-3-1-2-4-14(12)22-19(13)20(24(15)18)11-5-6-16-17(7-11)29-10-28-16;1-24-20(23)15-9-13-12-4-2-3-5-14(12)21-19(13)18(22-15)11-6-7-16-17(8-11)26-10-25-16;1-16-12(15)10(13)6-8-7-14-11-5-3-2-4-9(8)11;9-4-6-1-2-7-8(3-6)11-5-10-7;3-1-2(4)5;;;;;1-2;;/h2-8,16,21,24H,9-11H2,1H3;1-7,15,20,22,27H,8-10H2;2-8,15,18,21-22H,9-10H2,1H3;2-5,7,10,14H,6,13H2,1H3;1-4H,5H2;1H2;;3*1H;2H,1H2;2*1H2/t16-,21-;15-,20-;15-,18-;10-;;;;;;;;;/m1111........./s1. The zero-order chi connectivity index (χ0) is 83.7. The molecule has 0 saturated carbocycles. The molecule has 12 heterocycles. The van der Waals surface area contributed by atoms with Gasteiger partial charge in [-0.2, -0.15) is 0 Å². The fraction of sp³-hybridized carbons (Fsp3) is 0.247. The fourth-order valence-electron chi connectivity index (χ4n) is 15.7. The van der Waals surface area contributed by atoms with E-state index in [0.717, 1.165) is 117 Å². The molecule has 8 aromatic carbocycles. The number of nitrogens with one attached hydrogen (secondary N) is 5. The number of rotatable bonds is 11. The molecule has 33 nitrogen and oxygen atoms in total. The van der Waals surface area contributed by atoms with Crippen molar-refractivity contribution in [1.29, 1.82) is 0 Å². The Hall–Kier alpha value is -10.6. The summed E-state index contributed by atoms with van der Waals surface area (Å²) in [5, 5.41) is 24.2. The van der Waals surface area contributed by atoms with Gasteiger partial charge in [-0.3, -0.25) is 44.1 Å². The van der Waals surface area contributed by atoms with E-state index >= 15 is 0 Å². The van der Waals surface area contributed by atoms with Crippen LogP contribution in [0.3, 0.4) is 0 Å². The maximum Gasteiger partial charge on any atom is 0.328 e. The fourth-order valence-corrected chi connectivity index (χ4v) is 15.9. The third kappa shape index (κ3) is 21.1. The monoisotopic (exact) mass is 2050 g/mol. The Kier molecular flexibility index (Phi) is 35.9. The molecule has 4 aromatic heterocycles. The predicted octanol–water partition coefficient (Wildman–Crippen LogP) is 10.2. The summed E-state index contributed by atoms with van der Waals surface area (Å²) in [4.78, 5) is 111. The molecule has 15 N–H and O–H groups in total. The van der Waals surface area contributed by atoms with E-state index in [0.29, 0.717) is 70.8 Å². The molecule has 0 bridgehead atoms. The molecule has 0 spiro atoms. The number of carbonyl (C=O) groups is 8. The molecule has 12 aromatic rings. The maximum atomic E-state index is 13.0. The number of hydrogen-bond donors (Lipinski definition) is 9. The number of nitrogens with zero attached hydrogens (tertiary/aromatic N) is 3. The Balaban J connectivity index is 0.000000193. The number of esters is 3. The summed E-state index contributed by atoms with van der Waals surface area (Å²) in [6.07, 6.45) is 4.43. The first kappa shape index (κ1) is 99.8. The minimum Gasteiger partial charge on any atom is -0.468 e. The van der Waals surface area contributed by atoms with Crippen LogP contribution in [0.5, 0.6) is 46.0 Å². The second-order valence-electron chi connectivity index (χ2n) is 27.7. The summed E-state index contributed by atoms with van der Waals surface area (Å²) in [5.41, 5.74) is 19.9. The second-order valence-corrected chi connectivity index (χ2v) is 28.7. The molecule has 3 amide bonds. The van der Waals surface area contributed by atoms with Crippen LogP contribution in [-0.2, 0) is 73.5 Å². The van der Waals surface area contributed by atoms with E-state index in [-0.39, 0.29) is 168 Å². The van der Waals surface area contributed by atoms with Crippen LogP contribution in [0, 0.1) is 44.1 Å². The zero-order valence-electron chi connectivity index (χ0n) is 66.7. The van der Waals surface area contributed by atoms with E-state index < -0.39 is 53.4 Å². The molecule has 8 aliphatic rings. The minimum atomic E-state index is -0.789. The number of carbonyl (C=O) groups excluding carboxylic acids is 8. The van der Waals surface area contributed by atoms with Crippen molar-refractivity contribution >= 4 is 163 Å². The van der Waals surface area contributed by atoms with Gasteiger partial charge in [-0.25, -0.2) is 15.8 Å². The largest absolute Gasteiger partial charge is 0.468 e. The third-order valence-corrected chi connectivity index (χ3v) is 21.8. The van der Waals surface area contributed by atoms with Crippen LogP contribution < -0.4 is 54.8 Å². The number of hydroxylamine groups is 2. The normalized spacial score (nSPS) is 17.4. The first-order valence-corrected chi connectivity index (χ1v) is 38.6. The van der Waals surface area contributed by atoms with Crippen molar-refractivity contribution in [3.63, 3.8) is 0 Å². The van der Waals surface area contributed by atoms with Gasteiger partial charge in [-0.15, -0.1) is 60.4 Å². The van der Waals surface area contributed by atoms with Gasteiger partial charge in [0, 0.05) is 142 Å². The summed E-state index contributed by atoms with van der Waals surface area (Å²) < 4.78 is 57.6. The number of hydrogen-bond acceptors (Lipinski definition) is 24. The number of fused-ring (bicyclic) bond motifs is 15. The van der Waals surface area contributed by atoms with Gasteiger partial charge < -0.3 is 104 Å². The summed E-state index contributed by atoms with van der Waals surface area (Å²) in [7, 11) is 4.09. The molecule has 0 unspecified atom stereocenters. The van der Waals surface area contributed by atoms with Crippen LogP contribution >= 0.6 is 72.0 Å². The predicted molar refractivity (Wildman–Crippen MR) is 462 cm³/mol. The number of nitrogens with two attached hydrogens (primary N) is 2. The van der Waals surface area contributed by atoms with Gasteiger partial charge >= 0.3 is 17.9 Å². The van der Waals surface area contributed by atoms with Crippen molar-refractivity contribution in [1.82, 2.24) is 40.1 Å². The molecule has 1 radical (unpaired) electrons. The number of piperazine rings is 1. The van der Waals surface area contributed by atoms with E-state index in [9.17, 15) is 43.6 Å². The van der Waals surface area contributed by atoms with Gasteiger partial charge in [-0.1, -0.05) is 91.0 Å². The molecule has 7 atom stereocenters. The van der Waals surface area contributed by atoms with E-state index in [1.54, 1.807) is 23.1 Å². The van der Waals surface area contributed by atoms with Crippen molar-refractivity contribution in [3.8, 4) is 46.0 Å². The van der Waals surface area contributed by atoms with Crippen LogP contribution in [0.2, 0.25) is 0 Å². The Morgan fingerprint density at radius 2 is 0.960 bits per heavy atom. The molecular formula is C85H86AcCl6N10O23. The Labute approximate surface area is 782 Å². The van der Waals surface area contributed by atoms with E-state index in [4.69, 9.17) is 93.1 Å². The molecule has 1 fully saturated rings. The van der Waals surface area contributed by atoms with Gasteiger partial charge in [0.1, 0.15) is 42.9 Å². The molecular weight excluding hydrogens is 1970 g/mol. The third-order valence-electron chi connectivity index (χ3n) is 21.1. The molecule has 1 saturated heterocycles. The zero-order valence-corrected chi connectivity index (χ0v) is 76.2. The molecule has 8 aliphatic heterocycles. The van der Waals surface area contributed by atoms with Crippen LogP contribution in [0.15, 0.2) is 176 Å². The van der Waals surface area contributed by atoms with Crippen molar-refractivity contribution in [2.45, 2.75) is 68.0 Å². The quantitative estimate of drug-likeness (QED) is 0.0110. The Morgan fingerprint density at radius 3 is 1.45 bits per heavy atom. The van der Waals surface area contributed by atoms with Gasteiger partial charge in [0.15, 0.2) is 46.0 Å². The maximum absolute atomic E-state index is 13.0. The number of benzene rings is 8. The number of H-pyrrole nitrogens is 4. The SMILES string of the molecule is COC(=O)[C@H](N)Cc1c[nH]c2ccccc12.COC(=O)[C@H]1Cc2c([nH]c3ccccc23)[C@@H](c2ccc3c(c2)OCO3)N1.COC(=O)[C@H]1Cc2c([nH]c3ccccc23)[C@@H](c2ccc3c(c2)OCO3)N1C(=O)CCl.Cl.Cl.Cl.NO.O.O.O=C(Cl)CCl.O=C1[C@H]2Cc3c([nH]c4ccccc34)[C@@H](c3ccc4c(c3)OCO4)N2C(=O)CN1O.O=Cc1ccc2c(c1)OCO2.[Ac]. The van der Waals surface area contributed by atoms with Gasteiger partial charge in [0.2, 0.25) is 44.2 Å². The number of aromatic nitrogens is 4. The van der Waals surface area contributed by atoms with Crippen LogP contribution in [-0.4, -0.2) is 194 Å². The number of aldehydes is 1. The Bertz CT molecular complexity index is 5860. The van der Waals surface area contributed by atoms with Crippen molar-refractivity contribution in [3.05, 3.63) is 238 Å². The van der Waals surface area contributed by atoms with Crippen molar-refractivity contribution in [2.24, 2.45) is 11.6 Å². The molecule has 40 heteroatoms. The number of methoxy groups -OCH3 is 3. The molecule has 0 aliphatic carbocycles. The van der Waals surface area contributed by atoms with Crippen molar-refractivity contribution < 1.29 is 156 Å². The van der Waals surface area contributed by atoms with E-state index in [2.05, 4.69) is 48.0 Å². The van der Waals surface area contributed by atoms with Gasteiger partial charge in [0.25, 0.3) is 5.91 Å². The number of alkyl halides is 2. The summed E-state index contributed by atoms with van der Waals surface area (Å²) >= 11 is 15.5. The summed E-state index contributed by atoms with van der Waals surface area (Å²) in [5.74, 6) is 6.25. The number of ether oxygens (including phenoxy) is 11. The number of aromatic amines is 4. The Morgan fingerprint density at radius 1 is 0.536 bits per heavy atom. The molecule has 125 heavy (non-hydrogen) atoms. The van der Waals surface area contributed by atoms with Crippen molar-refractivity contribution in [2.75, 3.05) is 66.8 Å². The molecule has 659 valence electrons. The van der Waals surface area contributed by atoms with E-state index in [1.165, 1.54) is 26.2 Å². The first-order chi connectivity index (χ1) is 57.9. The average Bonchev–Trinajstić information content (AvgIpc) is 1.55. The number of para-hydroxylation sites is 4. The second kappa shape index (κ2) is 45.0. The van der Waals surface area contributed by atoms with Gasteiger partial charge in [-0.05, 0) is 129 Å². The van der Waals surface area contributed by atoms with Crippen LogP contribution in [0.4, 0.5) is 0 Å².